The molecule has 0 radical (unpaired) electrons. The zero-order valence-corrected chi connectivity index (χ0v) is 13.6. The predicted molar refractivity (Wildman–Crippen MR) is 81.3 cm³/mol. The second kappa shape index (κ2) is 8.26. The van der Waals surface area contributed by atoms with E-state index in [-0.39, 0.29) is 5.69 Å². The maximum atomic E-state index is 13.6. The van der Waals surface area contributed by atoms with Crippen molar-refractivity contribution >= 4 is 17.6 Å². The lowest BCUT2D eigenvalue weighted by Gasteiger charge is -2.33. The van der Waals surface area contributed by atoms with E-state index in [1.807, 2.05) is 5.32 Å². The van der Waals surface area contributed by atoms with Crippen LogP contribution in [0.5, 0.6) is 0 Å². The number of halogens is 5. The maximum Gasteiger partial charge on any atom is 0.466 e. The maximum absolute atomic E-state index is 13.6. The first-order chi connectivity index (χ1) is 11.9. The highest BCUT2D eigenvalue weighted by Gasteiger charge is 2.66. The molecule has 0 aliphatic heterocycles. The fourth-order valence-corrected chi connectivity index (χ4v) is 1.70. The largest absolute Gasteiger partial charge is 0.466 e. The van der Waals surface area contributed by atoms with Crippen LogP contribution in [-0.4, -0.2) is 36.4 Å². The summed E-state index contributed by atoms with van der Waals surface area (Å²) in [6.07, 6.45) is -6.29. The molecule has 26 heavy (non-hydrogen) atoms. The van der Waals surface area contributed by atoms with Crippen LogP contribution >= 0.6 is 0 Å². The molecule has 0 aliphatic carbocycles. The molecule has 0 heterocycles. The lowest BCUT2D eigenvalue weighted by atomic mass is 10.2. The molecular weight excluding hydrogens is 365 g/mol. The van der Waals surface area contributed by atoms with E-state index in [9.17, 15) is 31.5 Å². The van der Waals surface area contributed by atoms with Gasteiger partial charge in [-0.25, -0.2) is 13.6 Å². The summed E-state index contributed by atoms with van der Waals surface area (Å²) < 4.78 is 75.0. The van der Waals surface area contributed by atoms with E-state index in [2.05, 4.69) is 16.1 Å². The van der Waals surface area contributed by atoms with Gasteiger partial charge in [-0.3, -0.25) is 4.79 Å². The third-order valence-electron chi connectivity index (χ3n) is 2.96. The van der Waals surface area contributed by atoms with Gasteiger partial charge in [-0.05, 0) is 19.1 Å². The molecular formula is C16H16F5NO4. The second-order valence-corrected chi connectivity index (χ2v) is 5.23. The van der Waals surface area contributed by atoms with Gasteiger partial charge >= 0.3 is 23.8 Å². The van der Waals surface area contributed by atoms with Crippen LogP contribution in [0.3, 0.4) is 0 Å². The molecule has 1 atom stereocenters. The summed E-state index contributed by atoms with van der Waals surface area (Å²) in [4.78, 5) is 23.6. The summed E-state index contributed by atoms with van der Waals surface area (Å²) in [5.74, 6) is -11.0. The Morgan fingerprint density at radius 1 is 1.15 bits per heavy atom. The van der Waals surface area contributed by atoms with Gasteiger partial charge < -0.3 is 14.8 Å². The SMILES string of the molecule is C=CC(=O)OC(OCCC(C)(F)F)(C(=O)Nc1ccccc1)C(F)(F)F. The topological polar surface area (TPSA) is 64.6 Å². The van der Waals surface area contributed by atoms with Crippen molar-refractivity contribution in [1.29, 1.82) is 0 Å². The van der Waals surface area contributed by atoms with Gasteiger partial charge in [0.05, 0.1) is 6.61 Å². The number of ether oxygens (including phenoxy) is 2. The van der Waals surface area contributed by atoms with Crippen molar-refractivity contribution in [1.82, 2.24) is 0 Å². The van der Waals surface area contributed by atoms with E-state index >= 15 is 0 Å². The van der Waals surface area contributed by atoms with Gasteiger partial charge in [-0.2, -0.15) is 13.2 Å². The summed E-state index contributed by atoms with van der Waals surface area (Å²) in [5, 5.41) is 1.88. The molecule has 1 rings (SSSR count). The summed E-state index contributed by atoms with van der Waals surface area (Å²) in [6.45, 7) is 2.21. The first-order valence-corrected chi connectivity index (χ1v) is 7.22. The van der Waals surface area contributed by atoms with Crippen LogP contribution in [0, 0.1) is 0 Å². The molecule has 0 bridgehead atoms. The van der Waals surface area contributed by atoms with Crippen LogP contribution in [0.25, 0.3) is 0 Å². The van der Waals surface area contributed by atoms with Crippen molar-refractivity contribution in [3.05, 3.63) is 43.0 Å². The minimum Gasteiger partial charge on any atom is -0.412 e. The number of hydrogen-bond donors (Lipinski definition) is 1. The van der Waals surface area contributed by atoms with Crippen molar-refractivity contribution in [2.24, 2.45) is 0 Å². The molecule has 0 aromatic heterocycles. The van der Waals surface area contributed by atoms with Crippen molar-refractivity contribution in [2.75, 3.05) is 11.9 Å². The smallest absolute Gasteiger partial charge is 0.412 e. The van der Waals surface area contributed by atoms with Crippen molar-refractivity contribution < 1.29 is 41.0 Å². The summed E-state index contributed by atoms with van der Waals surface area (Å²) in [6, 6.07) is 6.95. The molecule has 0 spiro atoms. The average molecular weight is 381 g/mol. The van der Waals surface area contributed by atoms with Crippen LogP contribution in [0.2, 0.25) is 0 Å². The number of esters is 1. The normalized spacial score (nSPS) is 14.2. The van der Waals surface area contributed by atoms with E-state index < -0.39 is 42.8 Å². The molecule has 0 aliphatic rings. The molecule has 1 amide bonds. The number of benzene rings is 1. The quantitative estimate of drug-likeness (QED) is 0.323. The van der Waals surface area contributed by atoms with Gasteiger partial charge in [0.2, 0.25) is 5.92 Å². The fraction of sp³-hybridized carbons (Fsp3) is 0.375. The number of amides is 1. The highest BCUT2D eigenvalue weighted by atomic mass is 19.4. The Morgan fingerprint density at radius 3 is 2.19 bits per heavy atom. The Morgan fingerprint density at radius 2 is 1.73 bits per heavy atom. The highest BCUT2D eigenvalue weighted by molar-refractivity contribution is 5.98. The fourth-order valence-electron chi connectivity index (χ4n) is 1.70. The number of rotatable bonds is 8. The number of nitrogens with one attached hydrogen (secondary N) is 1. The number of carbonyl (C=O) groups is 2. The van der Waals surface area contributed by atoms with E-state index in [1.54, 1.807) is 6.07 Å². The summed E-state index contributed by atoms with van der Waals surface area (Å²) in [5.41, 5.74) is -0.0507. The molecule has 1 N–H and O–H groups in total. The van der Waals surface area contributed by atoms with Gasteiger partial charge in [-0.15, -0.1) is 0 Å². The third kappa shape index (κ3) is 5.80. The van der Waals surface area contributed by atoms with E-state index in [0.29, 0.717) is 13.0 Å². The first kappa shape index (κ1) is 21.6. The average Bonchev–Trinajstić information content (AvgIpc) is 2.52. The Bertz CT molecular complexity index is 642. The highest BCUT2D eigenvalue weighted by Crippen LogP contribution is 2.37. The van der Waals surface area contributed by atoms with E-state index in [0.717, 1.165) is 0 Å². The van der Waals surface area contributed by atoms with Gasteiger partial charge in [0.15, 0.2) is 0 Å². The first-order valence-electron chi connectivity index (χ1n) is 7.22. The van der Waals surface area contributed by atoms with Gasteiger partial charge in [0, 0.05) is 18.2 Å². The van der Waals surface area contributed by atoms with E-state index in [4.69, 9.17) is 0 Å². The molecule has 1 aromatic rings. The molecule has 1 aromatic carbocycles. The molecule has 5 nitrogen and oxygen atoms in total. The number of anilines is 1. The minimum atomic E-state index is -5.55. The van der Waals surface area contributed by atoms with Crippen LogP contribution in [0.4, 0.5) is 27.6 Å². The van der Waals surface area contributed by atoms with Gasteiger partial charge in [-0.1, -0.05) is 24.8 Å². The second-order valence-electron chi connectivity index (χ2n) is 5.23. The molecule has 144 valence electrons. The van der Waals surface area contributed by atoms with Crippen molar-refractivity contribution in [3.8, 4) is 0 Å². The zero-order chi connectivity index (χ0) is 20.0. The third-order valence-corrected chi connectivity index (χ3v) is 2.96. The molecule has 0 saturated carbocycles. The molecule has 0 fully saturated rings. The Labute approximate surface area is 145 Å². The Hall–Kier alpha value is -2.49. The lowest BCUT2D eigenvalue weighted by Crippen LogP contribution is -2.59. The van der Waals surface area contributed by atoms with Crippen LogP contribution in [-0.2, 0) is 19.1 Å². The molecule has 10 heteroatoms. The van der Waals surface area contributed by atoms with Crippen molar-refractivity contribution in [3.63, 3.8) is 0 Å². The van der Waals surface area contributed by atoms with Crippen LogP contribution < -0.4 is 5.32 Å². The number of carbonyl (C=O) groups excluding carboxylic acids is 2. The van der Waals surface area contributed by atoms with Gasteiger partial charge in [0.1, 0.15) is 0 Å². The summed E-state index contributed by atoms with van der Waals surface area (Å²) >= 11 is 0. The standard InChI is InChI=1S/C16H16F5NO4/c1-3-12(23)26-15(16(19,20)21,25-10-9-14(2,17)18)13(24)22-11-7-5-4-6-8-11/h3-8H,1,9-10H2,2H3,(H,22,24). The molecule has 0 saturated heterocycles. The summed E-state index contributed by atoms with van der Waals surface area (Å²) in [7, 11) is 0. The molecule has 1 unspecified atom stereocenters. The van der Waals surface area contributed by atoms with Crippen LogP contribution in [0.15, 0.2) is 43.0 Å². The Kier molecular flexibility index (Phi) is 6.85. The zero-order valence-electron chi connectivity index (χ0n) is 13.6. The number of para-hydroxylation sites is 1. The number of alkyl halides is 5. The van der Waals surface area contributed by atoms with Crippen LogP contribution in [0.1, 0.15) is 13.3 Å². The van der Waals surface area contributed by atoms with Gasteiger partial charge in [0.25, 0.3) is 0 Å². The monoisotopic (exact) mass is 381 g/mol. The minimum absolute atomic E-state index is 0.0507. The predicted octanol–water partition coefficient (Wildman–Crippen LogP) is 3.67. The van der Waals surface area contributed by atoms with Crippen molar-refractivity contribution in [2.45, 2.75) is 31.2 Å². The lowest BCUT2D eigenvalue weighted by molar-refractivity contribution is -0.346. The Balaban J connectivity index is 3.20. The van der Waals surface area contributed by atoms with E-state index in [1.165, 1.54) is 24.3 Å². The number of hydrogen-bond acceptors (Lipinski definition) is 4.